The Morgan fingerprint density at radius 3 is 2.39 bits per heavy atom. The van der Waals surface area contributed by atoms with Gasteiger partial charge < -0.3 is 4.74 Å². The van der Waals surface area contributed by atoms with E-state index in [4.69, 9.17) is 16.3 Å². The molecule has 2 aromatic rings. The maximum absolute atomic E-state index is 13.6. The van der Waals surface area contributed by atoms with Gasteiger partial charge in [-0.2, -0.15) is 0 Å². The van der Waals surface area contributed by atoms with Crippen molar-refractivity contribution in [2.45, 2.75) is 0 Å². The zero-order valence-electron chi connectivity index (χ0n) is 11.8. The smallest absolute Gasteiger partial charge is 0.273 e. The summed E-state index contributed by atoms with van der Waals surface area (Å²) in [6, 6.07) is 8.33. The molecule has 2 N–H and O–H groups in total. The van der Waals surface area contributed by atoms with Crippen LogP contribution in [0.1, 0.15) is 20.7 Å². The molecule has 2 aromatic carbocycles. The van der Waals surface area contributed by atoms with E-state index < -0.39 is 17.6 Å². The number of rotatable bonds is 3. The van der Waals surface area contributed by atoms with Crippen molar-refractivity contribution in [2.75, 3.05) is 7.11 Å². The third-order valence-electron chi connectivity index (χ3n) is 2.87. The van der Waals surface area contributed by atoms with Gasteiger partial charge in [0.05, 0.1) is 18.2 Å². The van der Waals surface area contributed by atoms with Crippen LogP contribution in [-0.4, -0.2) is 18.9 Å². The fourth-order valence-electron chi connectivity index (χ4n) is 1.77. The van der Waals surface area contributed by atoms with Gasteiger partial charge in [-0.15, -0.1) is 0 Å². The van der Waals surface area contributed by atoms with Crippen molar-refractivity contribution in [1.82, 2.24) is 10.9 Å². The lowest BCUT2D eigenvalue weighted by molar-refractivity contribution is 0.0842. The van der Waals surface area contributed by atoms with Crippen molar-refractivity contribution < 1.29 is 18.7 Å². The molecule has 5 nitrogen and oxygen atoms in total. The van der Waals surface area contributed by atoms with E-state index in [9.17, 15) is 14.0 Å². The number of carbonyl (C=O) groups excluding carboxylic acids is 2. The van der Waals surface area contributed by atoms with Crippen molar-refractivity contribution in [2.24, 2.45) is 0 Å². The standard InChI is InChI=1S/C15H11BrClFN2O3/c1-23-13-7-9(17)3-4-10(13)14(21)19-20-15(22)11-6-8(16)2-5-12(11)18/h2-7H,1H3,(H,19,21)(H,20,22). The van der Waals surface area contributed by atoms with Crippen LogP contribution in [0.2, 0.25) is 5.02 Å². The number of hydrazine groups is 1. The van der Waals surface area contributed by atoms with E-state index in [-0.39, 0.29) is 16.9 Å². The van der Waals surface area contributed by atoms with Gasteiger partial charge in [-0.25, -0.2) is 4.39 Å². The van der Waals surface area contributed by atoms with Gasteiger partial charge in [-0.3, -0.25) is 20.4 Å². The molecule has 0 fully saturated rings. The van der Waals surface area contributed by atoms with E-state index in [1.807, 2.05) is 0 Å². The molecular formula is C15H11BrClFN2O3. The largest absolute Gasteiger partial charge is 0.496 e. The van der Waals surface area contributed by atoms with E-state index in [1.165, 1.54) is 37.4 Å². The lowest BCUT2D eigenvalue weighted by Gasteiger charge is -2.11. The summed E-state index contributed by atoms with van der Waals surface area (Å²) < 4.78 is 19.2. The van der Waals surface area contributed by atoms with Gasteiger partial charge in [0.1, 0.15) is 11.6 Å². The Bertz CT molecular complexity index is 770. The second kappa shape index (κ2) is 7.43. The first-order valence-electron chi connectivity index (χ1n) is 6.31. The van der Waals surface area contributed by atoms with E-state index in [2.05, 4.69) is 26.8 Å². The van der Waals surface area contributed by atoms with Gasteiger partial charge in [0.25, 0.3) is 11.8 Å². The van der Waals surface area contributed by atoms with Gasteiger partial charge in [0.15, 0.2) is 0 Å². The van der Waals surface area contributed by atoms with Crippen molar-refractivity contribution in [3.05, 3.63) is 62.8 Å². The van der Waals surface area contributed by atoms with E-state index in [0.29, 0.717) is 9.50 Å². The fourth-order valence-corrected chi connectivity index (χ4v) is 2.30. The first kappa shape index (κ1) is 17.2. The number of benzene rings is 2. The molecule has 0 saturated carbocycles. The highest BCUT2D eigenvalue weighted by Crippen LogP contribution is 2.22. The van der Waals surface area contributed by atoms with Crippen LogP contribution < -0.4 is 15.6 Å². The van der Waals surface area contributed by atoms with Crippen molar-refractivity contribution in [3.63, 3.8) is 0 Å². The van der Waals surface area contributed by atoms with E-state index in [0.717, 1.165) is 6.07 Å². The Balaban J connectivity index is 2.10. The highest BCUT2D eigenvalue weighted by atomic mass is 79.9. The molecule has 120 valence electrons. The minimum Gasteiger partial charge on any atom is -0.496 e. The first-order valence-corrected chi connectivity index (χ1v) is 7.48. The van der Waals surface area contributed by atoms with Crippen molar-refractivity contribution in [3.8, 4) is 5.75 Å². The SMILES string of the molecule is COc1cc(Cl)ccc1C(=O)NNC(=O)c1cc(Br)ccc1F. The Morgan fingerprint density at radius 1 is 1.09 bits per heavy atom. The van der Waals surface area contributed by atoms with Crippen LogP contribution in [0.15, 0.2) is 40.9 Å². The van der Waals surface area contributed by atoms with Crippen LogP contribution in [-0.2, 0) is 0 Å². The second-order valence-corrected chi connectivity index (χ2v) is 5.73. The lowest BCUT2D eigenvalue weighted by atomic mass is 10.2. The van der Waals surface area contributed by atoms with Crippen LogP contribution in [0.4, 0.5) is 4.39 Å². The topological polar surface area (TPSA) is 67.4 Å². The highest BCUT2D eigenvalue weighted by molar-refractivity contribution is 9.10. The summed E-state index contributed by atoms with van der Waals surface area (Å²) in [5.41, 5.74) is 4.31. The average molecular weight is 402 g/mol. The van der Waals surface area contributed by atoms with Crippen LogP contribution >= 0.6 is 27.5 Å². The summed E-state index contributed by atoms with van der Waals surface area (Å²) >= 11 is 8.96. The number of methoxy groups -OCH3 is 1. The predicted octanol–water partition coefficient (Wildman–Crippen LogP) is 3.33. The maximum atomic E-state index is 13.6. The molecule has 0 heterocycles. The zero-order valence-corrected chi connectivity index (χ0v) is 14.2. The molecule has 2 rings (SSSR count). The summed E-state index contributed by atoms with van der Waals surface area (Å²) in [6.07, 6.45) is 0. The molecule has 0 aliphatic heterocycles. The Morgan fingerprint density at radius 2 is 1.74 bits per heavy atom. The summed E-state index contributed by atoms with van der Waals surface area (Å²) in [5.74, 6) is -1.87. The minimum atomic E-state index is -0.787. The molecule has 0 bridgehead atoms. The summed E-state index contributed by atoms with van der Waals surface area (Å²) in [4.78, 5) is 24.0. The highest BCUT2D eigenvalue weighted by Gasteiger charge is 2.16. The Hall–Kier alpha value is -2.12. The number of hydrogen-bond donors (Lipinski definition) is 2. The zero-order chi connectivity index (χ0) is 17.0. The minimum absolute atomic E-state index is 0.173. The predicted molar refractivity (Wildman–Crippen MR) is 87.0 cm³/mol. The number of amides is 2. The summed E-state index contributed by atoms with van der Waals surface area (Å²) in [5, 5.41) is 0.402. The van der Waals surface area contributed by atoms with Crippen LogP contribution in [0.3, 0.4) is 0 Å². The van der Waals surface area contributed by atoms with Gasteiger partial charge in [0.2, 0.25) is 0 Å². The molecule has 8 heteroatoms. The van der Waals surface area contributed by atoms with Crippen LogP contribution in [0.5, 0.6) is 5.75 Å². The normalized spacial score (nSPS) is 10.1. The molecule has 0 aliphatic rings. The van der Waals surface area contributed by atoms with Crippen molar-refractivity contribution >= 4 is 39.3 Å². The molecule has 0 aromatic heterocycles. The van der Waals surface area contributed by atoms with E-state index >= 15 is 0 Å². The number of hydrogen-bond acceptors (Lipinski definition) is 3. The Labute approximate surface area is 144 Å². The second-order valence-electron chi connectivity index (χ2n) is 4.38. The van der Waals surface area contributed by atoms with Crippen LogP contribution in [0, 0.1) is 5.82 Å². The molecule has 0 atom stereocenters. The number of halogens is 3. The first-order chi connectivity index (χ1) is 10.9. The monoisotopic (exact) mass is 400 g/mol. The molecule has 23 heavy (non-hydrogen) atoms. The van der Waals surface area contributed by atoms with Gasteiger partial charge in [0, 0.05) is 9.50 Å². The molecule has 0 spiro atoms. The third kappa shape index (κ3) is 4.20. The third-order valence-corrected chi connectivity index (χ3v) is 3.60. The van der Waals surface area contributed by atoms with Gasteiger partial charge in [-0.1, -0.05) is 27.5 Å². The summed E-state index contributed by atoms with van der Waals surface area (Å²) in [6.45, 7) is 0. The molecule has 0 aliphatic carbocycles. The Kier molecular flexibility index (Phi) is 5.57. The molecule has 0 radical (unpaired) electrons. The molecule has 2 amide bonds. The maximum Gasteiger partial charge on any atom is 0.273 e. The van der Waals surface area contributed by atoms with E-state index in [1.54, 1.807) is 0 Å². The molecule has 0 unspecified atom stereocenters. The van der Waals surface area contributed by atoms with Crippen molar-refractivity contribution in [1.29, 1.82) is 0 Å². The van der Waals surface area contributed by atoms with Gasteiger partial charge in [-0.05, 0) is 36.4 Å². The number of nitrogens with one attached hydrogen (secondary N) is 2. The number of carbonyl (C=O) groups is 2. The average Bonchev–Trinajstić information content (AvgIpc) is 2.54. The summed E-state index contributed by atoms with van der Waals surface area (Å²) in [7, 11) is 1.39. The molecule has 0 saturated heterocycles. The number of ether oxygens (including phenoxy) is 1. The quantitative estimate of drug-likeness (QED) is 0.775. The lowest BCUT2D eigenvalue weighted by Crippen LogP contribution is -2.42. The fraction of sp³-hybridized carbons (Fsp3) is 0.0667. The van der Waals surface area contributed by atoms with Gasteiger partial charge >= 0.3 is 0 Å². The molecular weight excluding hydrogens is 391 g/mol. The van der Waals surface area contributed by atoms with Crippen LogP contribution in [0.25, 0.3) is 0 Å².